The largest absolute Gasteiger partial charge is 0.464 e. The second-order valence-corrected chi connectivity index (χ2v) is 7.37. The van der Waals surface area contributed by atoms with Crippen LogP contribution in [0.2, 0.25) is 0 Å². The Kier molecular flexibility index (Phi) is 3.80. The summed E-state index contributed by atoms with van der Waals surface area (Å²) in [5.74, 6) is 0.358. The van der Waals surface area contributed by atoms with Crippen LogP contribution in [0.4, 0.5) is 0 Å². The number of benzene rings is 2. The van der Waals surface area contributed by atoms with Crippen molar-refractivity contribution < 1.29 is 4.42 Å². The van der Waals surface area contributed by atoms with Gasteiger partial charge in [-0.2, -0.15) is 0 Å². The van der Waals surface area contributed by atoms with Gasteiger partial charge in [0.2, 0.25) is 0 Å². The highest BCUT2D eigenvalue weighted by atomic mass is 16.3. The number of hydrogen-bond donors (Lipinski definition) is 0. The average Bonchev–Trinajstić information content (AvgIpc) is 3.17. The molecule has 1 unspecified atom stereocenters. The first kappa shape index (κ1) is 16.2. The summed E-state index contributed by atoms with van der Waals surface area (Å²) in [6.07, 6.45) is 5.17. The van der Waals surface area contributed by atoms with Crippen molar-refractivity contribution in [3.63, 3.8) is 0 Å². The van der Waals surface area contributed by atoms with Gasteiger partial charge < -0.3 is 9.32 Å². The quantitative estimate of drug-likeness (QED) is 0.519. The van der Waals surface area contributed by atoms with Crippen molar-refractivity contribution in [2.24, 2.45) is 0 Å². The molecule has 4 nitrogen and oxygen atoms in total. The molecule has 0 saturated heterocycles. The molecule has 1 atom stereocenters. The van der Waals surface area contributed by atoms with Gasteiger partial charge in [-0.3, -0.25) is 0 Å². The molecule has 2 aromatic heterocycles. The van der Waals surface area contributed by atoms with Crippen LogP contribution in [-0.4, -0.2) is 28.5 Å². The molecule has 27 heavy (non-hydrogen) atoms. The van der Waals surface area contributed by atoms with E-state index in [9.17, 15) is 0 Å². The van der Waals surface area contributed by atoms with E-state index in [0.29, 0.717) is 5.92 Å². The van der Waals surface area contributed by atoms with Gasteiger partial charge in [-0.05, 0) is 60.5 Å². The third-order valence-corrected chi connectivity index (χ3v) is 5.67. The molecule has 134 valence electrons. The van der Waals surface area contributed by atoms with Crippen LogP contribution in [-0.2, 0) is 6.54 Å². The van der Waals surface area contributed by atoms with Crippen molar-refractivity contribution in [2.45, 2.75) is 19.4 Å². The van der Waals surface area contributed by atoms with Crippen LogP contribution in [0.1, 0.15) is 28.2 Å². The molecule has 5 rings (SSSR count). The van der Waals surface area contributed by atoms with Crippen molar-refractivity contribution in [2.75, 3.05) is 13.6 Å². The molecule has 1 aliphatic rings. The number of nitrogens with zero attached hydrogens (tertiary/aromatic N) is 3. The Hall–Kier alpha value is -2.98. The van der Waals surface area contributed by atoms with Crippen LogP contribution in [0.3, 0.4) is 0 Å². The Morgan fingerprint density at radius 2 is 2.04 bits per heavy atom. The minimum absolute atomic E-state index is 0.358. The fraction of sp³-hybridized carbons (Fsp3) is 0.217. The summed E-state index contributed by atoms with van der Waals surface area (Å²) in [6.45, 7) is 4.19. The van der Waals surface area contributed by atoms with Gasteiger partial charge >= 0.3 is 0 Å². The normalized spacial score (nSPS) is 17.2. The Morgan fingerprint density at radius 3 is 2.89 bits per heavy atom. The summed E-state index contributed by atoms with van der Waals surface area (Å²) in [5, 5.41) is 1.16. The van der Waals surface area contributed by atoms with Gasteiger partial charge in [0.25, 0.3) is 0 Å². The zero-order valence-corrected chi connectivity index (χ0v) is 15.5. The van der Waals surface area contributed by atoms with E-state index in [1.807, 2.05) is 12.1 Å². The molecule has 0 amide bonds. The van der Waals surface area contributed by atoms with Gasteiger partial charge in [-0.25, -0.2) is 9.97 Å². The first-order valence-corrected chi connectivity index (χ1v) is 9.25. The van der Waals surface area contributed by atoms with Crippen molar-refractivity contribution in [3.05, 3.63) is 83.5 Å². The summed E-state index contributed by atoms with van der Waals surface area (Å²) in [6, 6.07) is 15.1. The molecule has 0 bridgehead atoms. The molecule has 1 aliphatic heterocycles. The van der Waals surface area contributed by atoms with E-state index in [4.69, 9.17) is 4.42 Å². The standard InChI is InChI=1S/C23H21N3O/c1-15-18(22-7-9-24-14-25-22)4-5-19-20(15)12-26(2)13-21(19)16-3-6-23-17(11-16)8-10-27-23/h3-11,14,21H,12-13H2,1-2H3. The van der Waals surface area contributed by atoms with Gasteiger partial charge in [-0.1, -0.05) is 18.2 Å². The van der Waals surface area contributed by atoms with E-state index in [0.717, 1.165) is 29.8 Å². The Morgan fingerprint density at radius 1 is 1.11 bits per heavy atom. The summed E-state index contributed by atoms with van der Waals surface area (Å²) >= 11 is 0. The van der Waals surface area contributed by atoms with Gasteiger partial charge in [0.05, 0.1) is 12.0 Å². The predicted octanol–water partition coefficient (Wildman–Crippen LogP) is 4.78. The van der Waals surface area contributed by atoms with Crippen LogP contribution < -0.4 is 0 Å². The van der Waals surface area contributed by atoms with Crippen LogP contribution in [0.25, 0.3) is 22.2 Å². The van der Waals surface area contributed by atoms with Gasteiger partial charge in [-0.15, -0.1) is 0 Å². The molecule has 0 N–H and O–H groups in total. The van der Waals surface area contributed by atoms with Gasteiger partial charge in [0.15, 0.2) is 0 Å². The second kappa shape index (κ2) is 6.32. The highest BCUT2D eigenvalue weighted by Crippen LogP contribution is 2.38. The fourth-order valence-electron chi connectivity index (χ4n) is 4.27. The summed E-state index contributed by atoms with van der Waals surface area (Å²) in [5.41, 5.74) is 8.60. The summed E-state index contributed by atoms with van der Waals surface area (Å²) in [7, 11) is 2.20. The number of hydrogen-bond acceptors (Lipinski definition) is 4. The lowest BCUT2D eigenvalue weighted by Crippen LogP contribution is -2.31. The number of fused-ring (bicyclic) bond motifs is 2. The van der Waals surface area contributed by atoms with E-state index in [1.54, 1.807) is 18.8 Å². The smallest absolute Gasteiger partial charge is 0.133 e. The van der Waals surface area contributed by atoms with Crippen LogP contribution in [0.5, 0.6) is 0 Å². The van der Waals surface area contributed by atoms with E-state index in [1.165, 1.54) is 27.8 Å². The topological polar surface area (TPSA) is 42.2 Å². The third-order valence-electron chi connectivity index (χ3n) is 5.67. The molecule has 2 aromatic carbocycles. The van der Waals surface area contributed by atoms with Crippen molar-refractivity contribution in [3.8, 4) is 11.3 Å². The summed E-state index contributed by atoms with van der Waals surface area (Å²) < 4.78 is 5.51. The molecule has 0 fully saturated rings. The molecule has 0 aliphatic carbocycles. The van der Waals surface area contributed by atoms with Crippen molar-refractivity contribution in [1.29, 1.82) is 0 Å². The van der Waals surface area contributed by atoms with E-state index in [-0.39, 0.29) is 0 Å². The Bertz CT molecular complexity index is 1120. The first-order chi connectivity index (χ1) is 13.2. The third kappa shape index (κ3) is 2.73. The maximum absolute atomic E-state index is 5.51. The van der Waals surface area contributed by atoms with Crippen molar-refractivity contribution in [1.82, 2.24) is 14.9 Å². The number of likely N-dealkylation sites (N-methyl/N-ethyl adjacent to an activating group) is 1. The van der Waals surface area contributed by atoms with Crippen LogP contribution in [0.15, 0.2) is 65.7 Å². The highest BCUT2D eigenvalue weighted by Gasteiger charge is 2.27. The van der Waals surface area contributed by atoms with Crippen LogP contribution in [0, 0.1) is 6.92 Å². The minimum Gasteiger partial charge on any atom is -0.464 e. The molecule has 3 heterocycles. The van der Waals surface area contributed by atoms with Crippen LogP contribution >= 0.6 is 0 Å². The zero-order valence-electron chi connectivity index (χ0n) is 15.5. The van der Waals surface area contributed by atoms with Gasteiger partial charge in [0, 0.05) is 36.2 Å². The fourth-order valence-corrected chi connectivity index (χ4v) is 4.27. The van der Waals surface area contributed by atoms with E-state index >= 15 is 0 Å². The minimum atomic E-state index is 0.358. The first-order valence-electron chi connectivity index (χ1n) is 9.25. The lowest BCUT2D eigenvalue weighted by Gasteiger charge is -2.34. The molecule has 0 saturated carbocycles. The maximum atomic E-state index is 5.51. The monoisotopic (exact) mass is 355 g/mol. The van der Waals surface area contributed by atoms with Crippen molar-refractivity contribution >= 4 is 11.0 Å². The summed E-state index contributed by atoms with van der Waals surface area (Å²) in [4.78, 5) is 10.9. The number of aromatic nitrogens is 2. The lowest BCUT2D eigenvalue weighted by molar-refractivity contribution is 0.294. The van der Waals surface area contributed by atoms with E-state index in [2.05, 4.69) is 59.2 Å². The molecule has 0 spiro atoms. The molecular formula is C23H21N3O. The Labute approximate surface area is 158 Å². The Balaban J connectivity index is 1.64. The maximum Gasteiger partial charge on any atom is 0.133 e. The zero-order chi connectivity index (χ0) is 18.4. The van der Waals surface area contributed by atoms with E-state index < -0.39 is 0 Å². The molecule has 0 radical (unpaired) electrons. The average molecular weight is 355 g/mol. The molecular weight excluding hydrogens is 334 g/mol. The number of furan rings is 1. The second-order valence-electron chi connectivity index (χ2n) is 7.37. The number of rotatable bonds is 2. The predicted molar refractivity (Wildman–Crippen MR) is 107 cm³/mol. The highest BCUT2D eigenvalue weighted by molar-refractivity contribution is 5.78. The molecule has 4 heteroatoms. The van der Waals surface area contributed by atoms with Gasteiger partial charge in [0.1, 0.15) is 11.9 Å². The molecule has 4 aromatic rings. The SMILES string of the molecule is Cc1c(-c2ccncn2)ccc2c1CN(C)CC2c1ccc2occc2c1. The lowest BCUT2D eigenvalue weighted by atomic mass is 9.81.